The Morgan fingerprint density at radius 2 is 1.73 bits per heavy atom. The van der Waals surface area contributed by atoms with Crippen molar-refractivity contribution in [3.8, 4) is 0 Å². The third-order valence-corrected chi connectivity index (χ3v) is 6.20. The minimum atomic E-state index is -1.19. The third-order valence-electron chi connectivity index (χ3n) is 6.20. The minimum absolute atomic E-state index is 0.00539. The Morgan fingerprint density at radius 3 is 2.27 bits per heavy atom. The number of aliphatic hydroxyl groups is 1. The monoisotopic (exact) mass is 518 g/mol. The molecule has 4 amide bonds. The molecule has 0 saturated heterocycles. The van der Waals surface area contributed by atoms with Crippen LogP contribution in [0.3, 0.4) is 0 Å². The highest BCUT2D eigenvalue weighted by Gasteiger charge is 2.37. The van der Waals surface area contributed by atoms with Crippen LogP contribution in [-0.2, 0) is 19.1 Å². The molecule has 0 radical (unpaired) electrons. The fraction of sp³-hybridized carbons (Fsp3) is 0.630. The number of aliphatic hydroxyl groups excluding tert-OH is 1. The number of hydrogen-bond donors (Lipinski definition) is 4. The number of amides is 4. The molecule has 1 saturated carbocycles. The summed E-state index contributed by atoms with van der Waals surface area (Å²) in [6.07, 6.45) is 3.81. The molecule has 2 rings (SSSR count). The summed E-state index contributed by atoms with van der Waals surface area (Å²) in [5.74, 6) is -1.61. The Morgan fingerprint density at radius 1 is 1.11 bits per heavy atom. The molecule has 0 aliphatic heterocycles. The maximum atomic E-state index is 13.8. The molecule has 0 aromatic heterocycles. The van der Waals surface area contributed by atoms with Crippen molar-refractivity contribution in [2.24, 2.45) is 5.73 Å². The van der Waals surface area contributed by atoms with E-state index in [0.29, 0.717) is 5.56 Å². The predicted molar refractivity (Wildman–Crippen MR) is 139 cm³/mol. The van der Waals surface area contributed by atoms with E-state index in [-0.39, 0.29) is 31.3 Å². The Hall–Kier alpha value is -3.14. The van der Waals surface area contributed by atoms with Gasteiger partial charge >= 0.3 is 6.09 Å². The Kier molecular flexibility index (Phi) is 11.4. The SMILES string of the molecule is Cc1ccc(C(C(=O)NC2CCCCC2)N(CCO)C(=O)C(CCC(N)=O)NC(=O)OC(C)(C)C)cc1. The number of nitrogens with two attached hydrogens (primary N) is 1. The van der Waals surface area contributed by atoms with Crippen LogP contribution in [0, 0.1) is 6.92 Å². The first kappa shape index (κ1) is 30.1. The molecule has 1 aromatic rings. The van der Waals surface area contributed by atoms with Crippen LogP contribution in [0.1, 0.15) is 82.9 Å². The van der Waals surface area contributed by atoms with E-state index >= 15 is 0 Å². The van der Waals surface area contributed by atoms with Crippen molar-refractivity contribution in [3.63, 3.8) is 0 Å². The molecule has 5 N–H and O–H groups in total. The van der Waals surface area contributed by atoms with Crippen LogP contribution in [-0.4, -0.2) is 64.7 Å². The molecule has 0 bridgehead atoms. The average Bonchev–Trinajstić information content (AvgIpc) is 2.81. The fourth-order valence-corrected chi connectivity index (χ4v) is 4.42. The van der Waals surface area contributed by atoms with Crippen LogP contribution in [0.2, 0.25) is 0 Å². The quantitative estimate of drug-likeness (QED) is 0.353. The van der Waals surface area contributed by atoms with E-state index in [2.05, 4.69) is 10.6 Å². The van der Waals surface area contributed by atoms with Crippen molar-refractivity contribution in [1.82, 2.24) is 15.5 Å². The zero-order chi connectivity index (χ0) is 27.6. The number of ether oxygens (including phenoxy) is 1. The van der Waals surface area contributed by atoms with Gasteiger partial charge in [-0.25, -0.2) is 4.79 Å². The molecular weight excluding hydrogens is 476 g/mol. The number of benzene rings is 1. The van der Waals surface area contributed by atoms with Crippen molar-refractivity contribution in [2.75, 3.05) is 13.2 Å². The average molecular weight is 519 g/mol. The van der Waals surface area contributed by atoms with Gasteiger partial charge in [0.1, 0.15) is 17.7 Å². The van der Waals surface area contributed by atoms with Gasteiger partial charge in [-0.1, -0.05) is 49.1 Å². The first-order valence-electron chi connectivity index (χ1n) is 13.0. The number of rotatable bonds is 11. The van der Waals surface area contributed by atoms with Crippen LogP contribution in [0.4, 0.5) is 4.79 Å². The summed E-state index contributed by atoms with van der Waals surface area (Å²) in [5.41, 5.74) is 6.07. The van der Waals surface area contributed by atoms with E-state index in [0.717, 1.165) is 37.7 Å². The van der Waals surface area contributed by atoms with Crippen LogP contribution in [0.15, 0.2) is 24.3 Å². The van der Waals surface area contributed by atoms with E-state index in [1.54, 1.807) is 32.9 Å². The molecule has 10 nitrogen and oxygen atoms in total. The van der Waals surface area contributed by atoms with Gasteiger partial charge in [-0.05, 0) is 52.5 Å². The highest BCUT2D eigenvalue weighted by molar-refractivity contribution is 5.92. The summed E-state index contributed by atoms with van der Waals surface area (Å²) in [7, 11) is 0. The van der Waals surface area contributed by atoms with Crippen LogP contribution in [0.5, 0.6) is 0 Å². The van der Waals surface area contributed by atoms with Crippen molar-refractivity contribution in [2.45, 2.75) is 96.4 Å². The molecule has 37 heavy (non-hydrogen) atoms. The molecule has 206 valence electrons. The minimum Gasteiger partial charge on any atom is -0.444 e. The van der Waals surface area contributed by atoms with Crippen LogP contribution >= 0.6 is 0 Å². The maximum absolute atomic E-state index is 13.8. The summed E-state index contributed by atoms with van der Waals surface area (Å²) in [4.78, 5) is 52.8. The predicted octanol–water partition coefficient (Wildman–Crippen LogP) is 2.46. The summed E-state index contributed by atoms with van der Waals surface area (Å²) >= 11 is 0. The highest BCUT2D eigenvalue weighted by Crippen LogP contribution is 2.25. The van der Waals surface area contributed by atoms with Gasteiger partial charge in [0.25, 0.3) is 0 Å². The Balaban J connectivity index is 2.41. The molecule has 0 spiro atoms. The normalized spacial score (nSPS) is 15.8. The summed E-state index contributed by atoms with van der Waals surface area (Å²) < 4.78 is 5.31. The fourth-order valence-electron chi connectivity index (χ4n) is 4.42. The van der Waals surface area contributed by atoms with Crippen molar-refractivity contribution < 1.29 is 29.0 Å². The third kappa shape index (κ3) is 10.0. The lowest BCUT2D eigenvalue weighted by atomic mass is 9.94. The van der Waals surface area contributed by atoms with E-state index in [4.69, 9.17) is 10.5 Å². The smallest absolute Gasteiger partial charge is 0.408 e. The van der Waals surface area contributed by atoms with Gasteiger partial charge < -0.3 is 31.1 Å². The standard InChI is InChI=1S/C27H42N4O6/c1-18-10-12-19(13-11-18)23(24(34)29-20-8-6-5-7-9-20)31(16-17-32)25(35)21(14-15-22(28)33)30-26(36)37-27(2,3)4/h10-13,20-21,23,32H,5-9,14-17H2,1-4H3,(H2,28,33)(H,29,34)(H,30,36). The van der Waals surface area contributed by atoms with Gasteiger partial charge in [0.2, 0.25) is 17.7 Å². The van der Waals surface area contributed by atoms with Gasteiger partial charge in [0, 0.05) is 19.0 Å². The molecule has 1 aliphatic carbocycles. The van der Waals surface area contributed by atoms with E-state index in [1.807, 2.05) is 19.1 Å². The van der Waals surface area contributed by atoms with Gasteiger partial charge in [-0.15, -0.1) is 0 Å². The largest absolute Gasteiger partial charge is 0.444 e. The molecule has 1 fully saturated rings. The zero-order valence-electron chi connectivity index (χ0n) is 22.4. The second-order valence-corrected chi connectivity index (χ2v) is 10.6. The summed E-state index contributed by atoms with van der Waals surface area (Å²) in [6, 6.07) is 5.02. The molecule has 1 aliphatic rings. The molecule has 0 heterocycles. The Labute approximate surface area is 219 Å². The topological polar surface area (TPSA) is 151 Å². The summed E-state index contributed by atoms with van der Waals surface area (Å²) in [6.45, 7) is 6.43. The number of primary amides is 1. The first-order valence-corrected chi connectivity index (χ1v) is 13.0. The number of carbonyl (C=O) groups is 4. The zero-order valence-corrected chi connectivity index (χ0v) is 22.4. The number of aryl methyl sites for hydroxylation is 1. The van der Waals surface area contributed by atoms with Crippen molar-refractivity contribution in [3.05, 3.63) is 35.4 Å². The van der Waals surface area contributed by atoms with Gasteiger partial charge in [0.15, 0.2) is 0 Å². The molecular formula is C27H42N4O6. The molecule has 2 atom stereocenters. The lowest BCUT2D eigenvalue weighted by Gasteiger charge is -2.35. The van der Waals surface area contributed by atoms with E-state index in [1.165, 1.54) is 4.90 Å². The van der Waals surface area contributed by atoms with Gasteiger partial charge in [0.05, 0.1) is 6.61 Å². The number of alkyl carbamates (subject to hydrolysis) is 1. The highest BCUT2D eigenvalue weighted by atomic mass is 16.6. The van der Waals surface area contributed by atoms with Gasteiger partial charge in [-0.3, -0.25) is 14.4 Å². The van der Waals surface area contributed by atoms with Crippen molar-refractivity contribution in [1.29, 1.82) is 0 Å². The van der Waals surface area contributed by atoms with E-state index < -0.39 is 42.2 Å². The number of nitrogens with one attached hydrogen (secondary N) is 2. The number of hydrogen-bond acceptors (Lipinski definition) is 6. The number of carbonyl (C=O) groups excluding carboxylic acids is 4. The second kappa shape index (κ2) is 14.0. The van der Waals surface area contributed by atoms with E-state index in [9.17, 15) is 24.3 Å². The maximum Gasteiger partial charge on any atom is 0.408 e. The van der Waals surface area contributed by atoms with Crippen LogP contribution < -0.4 is 16.4 Å². The first-order chi connectivity index (χ1) is 17.4. The number of nitrogens with zero attached hydrogens (tertiary/aromatic N) is 1. The molecule has 10 heteroatoms. The molecule has 2 unspecified atom stereocenters. The summed E-state index contributed by atoms with van der Waals surface area (Å²) in [5, 5.41) is 15.5. The second-order valence-electron chi connectivity index (χ2n) is 10.6. The molecule has 1 aromatic carbocycles. The van der Waals surface area contributed by atoms with Crippen molar-refractivity contribution >= 4 is 23.8 Å². The van der Waals surface area contributed by atoms with Crippen LogP contribution in [0.25, 0.3) is 0 Å². The Bertz CT molecular complexity index is 922. The lowest BCUT2D eigenvalue weighted by molar-refractivity contribution is -0.143. The lowest BCUT2D eigenvalue weighted by Crippen LogP contribution is -2.54. The van der Waals surface area contributed by atoms with Gasteiger partial charge in [-0.2, -0.15) is 0 Å².